The molecule has 2 aromatic heterocycles. The van der Waals surface area contributed by atoms with Crippen LogP contribution in [0.1, 0.15) is 36.3 Å². The monoisotopic (exact) mass is 339 g/mol. The molecule has 0 aliphatic carbocycles. The number of nitrogens with zero attached hydrogens (tertiary/aromatic N) is 2. The van der Waals surface area contributed by atoms with Crippen LogP contribution in [-0.2, 0) is 15.3 Å². The average molecular weight is 339 g/mol. The van der Waals surface area contributed by atoms with Gasteiger partial charge in [-0.3, -0.25) is 4.79 Å². The molecule has 2 rings (SSSR count). The van der Waals surface area contributed by atoms with E-state index in [1.807, 2.05) is 20.8 Å². The van der Waals surface area contributed by atoms with E-state index >= 15 is 0 Å². The second kappa shape index (κ2) is 5.77. The van der Waals surface area contributed by atoms with Crippen molar-refractivity contribution in [1.29, 1.82) is 0 Å². The Bertz CT molecular complexity index is 787. The zero-order valence-electron chi connectivity index (χ0n) is 12.7. The van der Waals surface area contributed by atoms with Crippen molar-refractivity contribution in [3.63, 3.8) is 0 Å². The van der Waals surface area contributed by atoms with Gasteiger partial charge in [0.05, 0.1) is 16.9 Å². The van der Waals surface area contributed by atoms with Crippen molar-refractivity contribution < 1.29 is 13.2 Å². The van der Waals surface area contributed by atoms with E-state index in [9.17, 15) is 13.2 Å². The van der Waals surface area contributed by atoms with Crippen LogP contribution in [-0.4, -0.2) is 30.5 Å². The van der Waals surface area contributed by atoms with Gasteiger partial charge in [-0.1, -0.05) is 20.8 Å². The number of hydrogen-bond acceptors (Lipinski definition) is 6. The van der Waals surface area contributed by atoms with Crippen molar-refractivity contribution in [2.24, 2.45) is 0 Å². The zero-order valence-corrected chi connectivity index (χ0v) is 14.4. The zero-order chi connectivity index (χ0) is 16.5. The third kappa shape index (κ3) is 3.89. The Balaban J connectivity index is 2.14. The van der Waals surface area contributed by atoms with Crippen molar-refractivity contribution in [3.05, 3.63) is 34.4 Å². The maximum atomic E-state index is 12.1. The van der Waals surface area contributed by atoms with Crippen molar-refractivity contribution in [3.8, 4) is 0 Å². The summed E-state index contributed by atoms with van der Waals surface area (Å²) >= 11 is 1.43. The van der Waals surface area contributed by atoms with Gasteiger partial charge in [0.25, 0.3) is 5.91 Å². The first kappa shape index (κ1) is 16.6. The molecule has 1 N–H and O–H groups in total. The number of rotatable bonds is 3. The Morgan fingerprint density at radius 3 is 2.41 bits per heavy atom. The van der Waals surface area contributed by atoms with Gasteiger partial charge in [-0.2, -0.15) is 0 Å². The highest BCUT2D eigenvalue weighted by molar-refractivity contribution is 7.90. The fraction of sp³-hybridized carbons (Fsp3) is 0.357. The van der Waals surface area contributed by atoms with E-state index in [2.05, 4.69) is 15.3 Å². The topological polar surface area (TPSA) is 89.0 Å². The number of nitrogens with one attached hydrogen (secondary N) is 1. The van der Waals surface area contributed by atoms with Crippen LogP contribution < -0.4 is 5.32 Å². The highest BCUT2D eigenvalue weighted by Gasteiger charge is 2.20. The number of thiazole rings is 1. The summed E-state index contributed by atoms with van der Waals surface area (Å²) in [5, 5.41) is 5.20. The van der Waals surface area contributed by atoms with E-state index < -0.39 is 9.84 Å². The summed E-state index contributed by atoms with van der Waals surface area (Å²) in [6, 6.07) is 2.85. The van der Waals surface area contributed by atoms with Crippen LogP contribution in [0.5, 0.6) is 0 Å². The lowest BCUT2D eigenvalue weighted by atomic mass is 9.98. The fourth-order valence-corrected chi connectivity index (χ4v) is 3.04. The molecule has 0 spiro atoms. The molecule has 0 aliphatic heterocycles. The van der Waals surface area contributed by atoms with Gasteiger partial charge in [0, 0.05) is 17.1 Å². The van der Waals surface area contributed by atoms with Crippen LogP contribution in [0.3, 0.4) is 0 Å². The Morgan fingerprint density at radius 2 is 1.95 bits per heavy atom. The Morgan fingerprint density at radius 1 is 1.27 bits per heavy atom. The SMILES string of the molecule is CC(C)(C)c1nc(C(=O)Nc2ccc(S(C)(=O)=O)nc2)cs1. The lowest BCUT2D eigenvalue weighted by Gasteiger charge is -2.13. The number of pyridine rings is 1. The molecular formula is C14H17N3O3S2. The number of sulfone groups is 1. The average Bonchev–Trinajstić information content (AvgIpc) is 2.87. The van der Waals surface area contributed by atoms with Crippen LogP contribution in [0.4, 0.5) is 5.69 Å². The molecule has 2 heterocycles. The number of aromatic nitrogens is 2. The molecule has 0 aliphatic rings. The van der Waals surface area contributed by atoms with E-state index in [4.69, 9.17) is 0 Å². The van der Waals surface area contributed by atoms with Crippen LogP contribution in [0, 0.1) is 0 Å². The summed E-state index contributed by atoms with van der Waals surface area (Å²) in [6.45, 7) is 6.09. The Kier molecular flexibility index (Phi) is 4.35. The predicted octanol–water partition coefficient (Wildman–Crippen LogP) is 2.49. The summed E-state index contributed by atoms with van der Waals surface area (Å²) in [6.07, 6.45) is 2.39. The second-order valence-electron chi connectivity index (χ2n) is 5.90. The van der Waals surface area contributed by atoms with Crippen molar-refractivity contribution in [1.82, 2.24) is 9.97 Å². The third-order valence-electron chi connectivity index (χ3n) is 2.75. The molecule has 0 bridgehead atoms. The first-order valence-electron chi connectivity index (χ1n) is 6.51. The van der Waals surface area contributed by atoms with Gasteiger partial charge in [-0.15, -0.1) is 11.3 Å². The van der Waals surface area contributed by atoms with Crippen LogP contribution in [0.2, 0.25) is 0 Å². The first-order valence-corrected chi connectivity index (χ1v) is 9.28. The number of carbonyl (C=O) groups excluding carboxylic acids is 1. The van der Waals surface area contributed by atoms with E-state index in [0.29, 0.717) is 11.4 Å². The third-order valence-corrected chi connectivity index (χ3v) is 5.02. The van der Waals surface area contributed by atoms with Gasteiger partial charge in [0.1, 0.15) is 5.69 Å². The molecular weight excluding hydrogens is 322 g/mol. The summed E-state index contributed by atoms with van der Waals surface area (Å²) in [7, 11) is -3.35. The molecule has 0 atom stereocenters. The molecule has 0 radical (unpaired) electrons. The van der Waals surface area contributed by atoms with Crippen molar-refractivity contribution in [2.75, 3.05) is 11.6 Å². The highest BCUT2D eigenvalue weighted by Crippen LogP contribution is 2.25. The lowest BCUT2D eigenvalue weighted by molar-refractivity contribution is 0.102. The normalized spacial score (nSPS) is 12.2. The molecule has 0 unspecified atom stereocenters. The summed E-state index contributed by atoms with van der Waals surface area (Å²) in [5.74, 6) is -0.347. The van der Waals surface area contributed by atoms with Crippen molar-refractivity contribution in [2.45, 2.75) is 31.2 Å². The number of carbonyl (C=O) groups is 1. The fourth-order valence-electron chi connectivity index (χ4n) is 1.59. The van der Waals surface area contributed by atoms with E-state index in [1.165, 1.54) is 29.7 Å². The van der Waals surface area contributed by atoms with Crippen molar-refractivity contribution >= 4 is 32.8 Å². The Labute approximate surface area is 133 Å². The van der Waals surface area contributed by atoms with Crippen LogP contribution in [0.15, 0.2) is 28.7 Å². The molecule has 0 saturated heterocycles. The smallest absolute Gasteiger partial charge is 0.275 e. The maximum absolute atomic E-state index is 12.1. The molecule has 2 aromatic rings. The van der Waals surface area contributed by atoms with Gasteiger partial charge < -0.3 is 5.32 Å². The van der Waals surface area contributed by atoms with Gasteiger partial charge in [0.15, 0.2) is 14.9 Å². The van der Waals surface area contributed by atoms with Gasteiger partial charge >= 0.3 is 0 Å². The van der Waals surface area contributed by atoms with Gasteiger partial charge in [0.2, 0.25) is 0 Å². The number of hydrogen-bond donors (Lipinski definition) is 1. The molecule has 0 fully saturated rings. The minimum absolute atomic E-state index is 0.0332. The summed E-state index contributed by atoms with van der Waals surface area (Å²) in [4.78, 5) is 20.3. The quantitative estimate of drug-likeness (QED) is 0.928. The molecule has 8 heteroatoms. The molecule has 0 saturated carbocycles. The standard InChI is InChI=1S/C14H17N3O3S2/c1-14(2,3)13-17-10(8-21-13)12(18)16-9-5-6-11(15-7-9)22(4,19)20/h5-8H,1-4H3,(H,16,18). The maximum Gasteiger partial charge on any atom is 0.275 e. The van der Waals surface area contributed by atoms with Gasteiger partial charge in [-0.05, 0) is 12.1 Å². The summed E-state index contributed by atoms with van der Waals surface area (Å²) < 4.78 is 22.7. The molecule has 1 amide bonds. The lowest BCUT2D eigenvalue weighted by Crippen LogP contribution is -2.15. The van der Waals surface area contributed by atoms with E-state index in [-0.39, 0.29) is 16.3 Å². The molecule has 0 aromatic carbocycles. The first-order chi connectivity index (χ1) is 10.1. The van der Waals surface area contributed by atoms with E-state index in [0.717, 1.165) is 11.3 Å². The highest BCUT2D eigenvalue weighted by atomic mass is 32.2. The largest absolute Gasteiger partial charge is 0.319 e. The number of amides is 1. The Hall–Kier alpha value is -1.80. The van der Waals surface area contributed by atoms with Crippen LogP contribution >= 0.6 is 11.3 Å². The van der Waals surface area contributed by atoms with Gasteiger partial charge in [-0.25, -0.2) is 18.4 Å². The predicted molar refractivity (Wildman–Crippen MR) is 86.1 cm³/mol. The van der Waals surface area contributed by atoms with E-state index in [1.54, 1.807) is 5.38 Å². The minimum atomic E-state index is -3.35. The molecule has 6 nitrogen and oxygen atoms in total. The molecule has 118 valence electrons. The summed E-state index contributed by atoms with van der Waals surface area (Å²) in [5.41, 5.74) is 0.645. The minimum Gasteiger partial charge on any atom is -0.319 e. The molecule has 22 heavy (non-hydrogen) atoms. The number of anilines is 1. The second-order valence-corrected chi connectivity index (χ2v) is 8.72. The van der Waals surface area contributed by atoms with Crippen LogP contribution in [0.25, 0.3) is 0 Å².